The lowest BCUT2D eigenvalue weighted by Crippen LogP contribution is -2.46. The number of likely N-dealkylation sites (N-methyl/N-ethyl adjacent to an activating group) is 1. The quantitative estimate of drug-likeness (QED) is 0.237. The van der Waals surface area contributed by atoms with Crippen molar-refractivity contribution in [2.24, 2.45) is 5.92 Å². The summed E-state index contributed by atoms with van der Waals surface area (Å²) in [5.41, 5.74) is 3.85. The molecule has 42 heavy (non-hydrogen) atoms. The van der Waals surface area contributed by atoms with E-state index >= 15 is 0 Å². The summed E-state index contributed by atoms with van der Waals surface area (Å²) in [4.78, 5) is 39.1. The first-order valence-electron chi connectivity index (χ1n) is 14.0. The summed E-state index contributed by atoms with van der Waals surface area (Å²) in [5.74, 6) is -0.298. The second-order valence-electron chi connectivity index (χ2n) is 11.6. The van der Waals surface area contributed by atoms with Crippen molar-refractivity contribution in [2.75, 3.05) is 25.3 Å². The SMILES string of the molecule is CC(C)[C@H](NCc1cccc(C(C)(C)C)c1O)C(=O)N(C)C.CS.O=C1C(=O)N(Cc2ccccc2)c2ccccc21. The van der Waals surface area contributed by atoms with E-state index in [1.807, 2.05) is 68.4 Å². The van der Waals surface area contributed by atoms with Gasteiger partial charge in [0.25, 0.3) is 11.7 Å². The molecule has 2 amide bonds. The maximum absolute atomic E-state index is 12.2. The number of ketones is 1. The topological polar surface area (TPSA) is 90.0 Å². The monoisotopic (exact) mass is 591 g/mol. The molecule has 0 aliphatic carbocycles. The fraction of sp³-hybridized carbons (Fsp3) is 0.382. The number of nitrogens with one attached hydrogen (secondary N) is 1. The molecule has 0 radical (unpaired) electrons. The molecule has 0 bridgehead atoms. The number of carbonyl (C=O) groups is 3. The van der Waals surface area contributed by atoms with Crippen molar-refractivity contribution in [3.05, 3.63) is 95.1 Å². The molecule has 3 aromatic rings. The minimum atomic E-state index is -0.444. The minimum absolute atomic E-state index is 0.0569. The normalized spacial score (nSPS) is 13.0. The van der Waals surface area contributed by atoms with Gasteiger partial charge in [-0.1, -0.05) is 95.3 Å². The maximum Gasteiger partial charge on any atom is 0.299 e. The zero-order chi connectivity index (χ0) is 31.6. The van der Waals surface area contributed by atoms with Gasteiger partial charge in [0.1, 0.15) is 5.75 Å². The Hall–Kier alpha value is -3.62. The molecule has 1 aliphatic rings. The molecule has 0 saturated carbocycles. The Balaban J connectivity index is 0.000000281. The van der Waals surface area contributed by atoms with E-state index in [1.165, 1.54) is 4.90 Å². The van der Waals surface area contributed by atoms with E-state index in [9.17, 15) is 19.5 Å². The summed E-state index contributed by atoms with van der Waals surface area (Å²) < 4.78 is 0. The molecule has 1 heterocycles. The molecule has 8 heteroatoms. The third kappa shape index (κ3) is 8.69. The lowest BCUT2D eigenvalue weighted by molar-refractivity contribution is -0.132. The summed E-state index contributed by atoms with van der Waals surface area (Å²) in [6.45, 7) is 11.2. The van der Waals surface area contributed by atoms with Crippen LogP contribution < -0.4 is 10.2 Å². The minimum Gasteiger partial charge on any atom is -0.507 e. The number of aromatic hydroxyl groups is 1. The number of nitrogens with zero attached hydrogens (tertiary/aromatic N) is 2. The highest BCUT2D eigenvalue weighted by Crippen LogP contribution is 2.33. The molecule has 0 spiro atoms. The second-order valence-corrected chi connectivity index (χ2v) is 11.6. The molecule has 0 unspecified atom stereocenters. The van der Waals surface area contributed by atoms with E-state index in [0.29, 0.717) is 30.1 Å². The number of carbonyl (C=O) groups excluding carboxylic acids is 3. The van der Waals surface area contributed by atoms with Crippen LogP contribution >= 0.6 is 12.6 Å². The van der Waals surface area contributed by atoms with Crippen molar-refractivity contribution in [1.29, 1.82) is 0 Å². The molecular weight excluding hydrogens is 546 g/mol. The Morgan fingerprint density at radius 1 is 0.929 bits per heavy atom. The van der Waals surface area contributed by atoms with Gasteiger partial charge < -0.3 is 20.2 Å². The Labute approximate surface area is 256 Å². The molecule has 4 rings (SSSR count). The number of anilines is 1. The van der Waals surface area contributed by atoms with Gasteiger partial charge in [-0.3, -0.25) is 14.4 Å². The van der Waals surface area contributed by atoms with Gasteiger partial charge in [-0.25, -0.2) is 0 Å². The first-order valence-corrected chi connectivity index (χ1v) is 14.9. The van der Waals surface area contributed by atoms with Crippen molar-refractivity contribution in [3.8, 4) is 5.75 Å². The number of phenols is 1. The Bertz CT molecular complexity index is 1350. The summed E-state index contributed by atoms with van der Waals surface area (Å²) in [7, 11) is 3.52. The summed E-state index contributed by atoms with van der Waals surface area (Å²) >= 11 is 3.53. The predicted octanol–water partition coefficient (Wildman–Crippen LogP) is 5.85. The highest BCUT2D eigenvalue weighted by molar-refractivity contribution is 7.79. The number of para-hydroxylation sites is 2. The van der Waals surface area contributed by atoms with Gasteiger partial charge in [0, 0.05) is 26.2 Å². The lowest BCUT2D eigenvalue weighted by Gasteiger charge is -2.26. The van der Waals surface area contributed by atoms with Crippen LogP contribution in [0.15, 0.2) is 72.8 Å². The van der Waals surface area contributed by atoms with Crippen LogP contribution in [0.3, 0.4) is 0 Å². The summed E-state index contributed by atoms with van der Waals surface area (Å²) in [6.07, 6.45) is 1.69. The molecule has 0 fully saturated rings. The third-order valence-corrected chi connectivity index (χ3v) is 6.88. The fourth-order valence-electron chi connectivity index (χ4n) is 4.62. The predicted molar refractivity (Wildman–Crippen MR) is 174 cm³/mol. The molecule has 1 aliphatic heterocycles. The van der Waals surface area contributed by atoms with Gasteiger partial charge in [0.15, 0.2) is 0 Å². The summed E-state index contributed by atoms with van der Waals surface area (Å²) in [6, 6.07) is 22.3. The average molecular weight is 592 g/mol. The standard InChI is InChI=1S/C18H30N2O2.C15H11NO2.CH4S/c1-12(2)15(17(22)20(6)7)19-11-13-9-8-10-14(16(13)21)18(3,4)5;17-14-12-8-4-5-9-13(12)16(15(14)18)10-11-6-2-1-3-7-11;1-2/h8-10,12,15,19,21H,11H2,1-7H3;1-9H,10H2;2H,1H3/t15-;;/m0../s1. The molecule has 2 N–H and O–H groups in total. The Kier molecular flexibility index (Phi) is 12.8. The van der Waals surface area contributed by atoms with Crippen LogP contribution in [0.1, 0.15) is 61.7 Å². The number of benzene rings is 3. The average Bonchev–Trinajstić information content (AvgIpc) is 3.20. The molecule has 3 aromatic carbocycles. The third-order valence-electron chi connectivity index (χ3n) is 6.88. The van der Waals surface area contributed by atoms with Crippen LogP contribution in [0.4, 0.5) is 5.69 Å². The number of fused-ring (bicyclic) bond motifs is 1. The van der Waals surface area contributed by atoms with Gasteiger partial charge in [-0.2, -0.15) is 12.6 Å². The maximum atomic E-state index is 12.2. The molecule has 1 atom stereocenters. The lowest BCUT2D eigenvalue weighted by atomic mass is 9.85. The van der Waals surface area contributed by atoms with E-state index < -0.39 is 11.7 Å². The molecule has 7 nitrogen and oxygen atoms in total. The zero-order valence-electron chi connectivity index (χ0n) is 26.0. The second kappa shape index (κ2) is 15.6. The number of phenolic OH excluding ortho intramolecular Hbond substituents is 1. The number of Topliss-reactive ketones (excluding diaryl/α,β-unsaturated/α-hetero) is 1. The van der Waals surface area contributed by atoms with Crippen molar-refractivity contribution >= 4 is 35.9 Å². The largest absolute Gasteiger partial charge is 0.507 e. The van der Waals surface area contributed by atoms with Gasteiger partial charge in [0.05, 0.1) is 23.8 Å². The highest BCUT2D eigenvalue weighted by atomic mass is 32.1. The highest BCUT2D eigenvalue weighted by Gasteiger charge is 2.35. The van der Waals surface area contributed by atoms with E-state index in [1.54, 1.807) is 43.5 Å². The van der Waals surface area contributed by atoms with E-state index in [2.05, 4.69) is 38.7 Å². The number of thiol groups is 1. The molecule has 0 saturated heterocycles. The number of amides is 2. The smallest absolute Gasteiger partial charge is 0.299 e. The first-order chi connectivity index (χ1) is 19.8. The van der Waals surface area contributed by atoms with Crippen molar-refractivity contribution in [2.45, 2.75) is 59.2 Å². The molecule has 226 valence electrons. The van der Waals surface area contributed by atoms with Gasteiger partial charge in [0.2, 0.25) is 5.91 Å². The Morgan fingerprint density at radius 2 is 1.52 bits per heavy atom. The van der Waals surface area contributed by atoms with Crippen LogP contribution in [-0.2, 0) is 28.1 Å². The van der Waals surface area contributed by atoms with Gasteiger partial charge in [-0.05, 0) is 40.8 Å². The van der Waals surface area contributed by atoms with Gasteiger partial charge >= 0.3 is 0 Å². The van der Waals surface area contributed by atoms with Crippen LogP contribution in [0.2, 0.25) is 0 Å². The van der Waals surface area contributed by atoms with Crippen LogP contribution in [0.25, 0.3) is 0 Å². The van der Waals surface area contributed by atoms with Crippen LogP contribution in [0, 0.1) is 5.92 Å². The van der Waals surface area contributed by atoms with E-state index in [0.717, 1.165) is 16.7 Å². The number of hydrogen-bond donors (Lipinski definition) is 3. The van der Waals surface area contributed by atoms with Crippen LogP contribution in [-0.4, -0.2) is 54.0 Å². The van der Waals surface area contributed by atoms with Crippen molar-refractivity contribution in [1.82, 2.24) is 10.2 Å². The first kappa shape index (κ1) is 34.6. The molecule has 0 aromatic heterocycles. The number of hydrogen-bond acceptors (Lipinski definition) is 6. The van der Waals surface area contributed by atoms with E-state index in [4.69, 9.17) is 0 Å². The van der Waals surface area contributed by atoms with Crippen molar-refractivity contribution in [3.63, 3.8) is 0 Å². The zero-order valence-corrected chi connectivity index (χ0v) is 26.9. The number of rotatable bonds is 7. The van der Waals surface area contributed by atoms with Crippen LogP contribution in [0.5, 0.6) is 5.75 Å². The van der Waals surface area contributed by atoms with Crippen molar-refractivity contribution < 1.29 is 19.5 Å². The molecular formula is C34H45N3O4S. The fourth-order valence-corrected chi connectivity index (χ4v) is 4.62. The summed E-state index contributed by atoms with van der Waals surface area (Å²) in [5, 5.41) is 13.8. The Morgan fingerprint density at radius 3 is 2.10 bits per heavy atom. The van der Waals surface area contributed by atoms with E-state index in [-0.39, 0.29) is 23.3 Å². The van der Waals surface area contributed by atoms with Gasteiger partial charge in [-0.15, -0.1) is 0 Å².